The van der Waals surface area contributed by atoms with E-state index in [1.807, 2.05) is 12.1 Å². The van der Waals surface area contributed by atoms with Crippen LogP contribution in [-0.4, -0.2) is 21.8 Å². The molecule has 0 amide bonds. The lowest BCUT2D eigenvalue weighted by molar-refractivity contribution is -0.140. The number of methoxy groups -OCH3 is 1. The zero-order chi connectivity index (χ0) is 21.9. The molecule has 0 unspecified atom stereocenters. The van der Waals surface area contributed by atoms with Crippen LogP contribution in [0.15, 0.2) is 48.7 Å². The minimum Gasteiger partial charge on any atom is -0.497 e. The number of benzene rings is 2. The van der Waals surface area contributed by atoms with Crippen LogP contribution in [0.5, 0.6) is 11.5 Å². The number of halogens is 3. The Bertz CT molecular complexity index is 996. The summed E-state index contributed by atoms with van der Waals surface area (Å²) < 4.78 is 52.0. The van der Waals surface area contributed by atoms with Crippen LogP contribution in [-0.2, 0) is 19.4 Å². The van der Waals surface area contributed by atoms with E-state index in [1.54, 1.807) is 51.3 Å². The monoisotopic (exact) mass is 420 g/mol. The van der Waals surface area contributed by atoms with Crippen molar-refractivity contribution in [3.8, 4) is 22.9 Å². The van der Waals surface area contributed by atoms with Gasteiger partial charge in [0.2, 0.25) is 0 Å². The second kappa shape index (κ2) is 8.79. The molecule has 0 saturated carbocycles. The minimum absolute atomic E-state index is 0.191. The van der Waals surface area contributed by atoms with Gasteiger partial charge >= 0.3 is 6.18 Å². The highest BCUT2D eigenvalue weighted by Crippen LogP contribution is 2.34. The summed E-state index contributed by atoms with van der Waals surface area (Å²) in [5.41, 5.74) is 0.943. The van der Waals surface area contributed by atoms with E-state index < -0.39 is 11.9 Å². The smallest absolute Gasteiger partial charge is 0.434 e. The van der Waals surface area contributed by atoms with Crippen molar-refractivity contribution in [1.29, 1.82) is 0 Å². The van der Waals surface area contributed by atoms with Crippen molar-refractivity contribution in [3.05, 3.63) is 65.5 Å². The molecule has 0 atom stereocenters. The van der Waals surface area contributed by atoms with Crippen molar-refractivity contribution in [2.75, 3.05) is 7.11 Å². The first kappa shape index (κ1) is 21.7. The molecule has 8 heteroatoms. The second-order valence-electron chi connectivity index (χ2n) is 7.07. The van der Waals surface area contributed by atoms with E-state index in [-0.39, 0.29) is 25.1 Å². The topological polar surface area (TPSA) is 56.5 Å². The number of nitrogens with zero attached hydrogens (tertiary/aromatic N) is 2. The summed E-state index contributed by atoms with van der Waals surface area (Å²) in [6.07, 6.45) is -3.52. The highest BCUT2D eigenvalue weighted by atomic mass is 19.4. The molecule has 0 aliphatic carbocycles. The molecule has 1 heterocycles. The van der Waals surface area contributed by atoms with Gasteiger partial charge in [-0.05, 0) is 37.6 Å². The van der Waals surface area contributed by atoms with Crippen LogP contribution in [0, 0.1) is 0 Å². The molecular formula is C22H23F3N2O3. The van der Waals surface area contributed by atoms with Gasteiger partial charge < -0.3 is 19.1 Å². The average molecular weight is 420 g/mol. The summed E-state index contributed by atoms with van der Waals surface area (Å²) >= 11 is 0. The van der Waals surface area contributed by atoms with Crippen LogP contribution < -0.4 is 9.47 Å². The first-order chi connectivity index (χ1) is 14.2. The number of aliphatic hydroxyl groups excluding tert-OH is 1. The lowest BCUT2D eigenvalue weighted by atomic mass is 10.1. The molecule has 2 aromatic carbocycles. The van der Waals surface area contributed by atoms with E-state index >= 15 is 0 Å². The Morgan fingerprint density at radius 2 is 1.80 bits per heavy atom. The number of hydrogen-bond acceptors (Lipinski definition) is 4. The van der Waals surface area contributed by atoms with Gasteiger partial charge in [-0.3, -0.25) is 0 Å². The summed E-state index contributed by atoms with van der Waals surface area (Å²) in [5, 5.41) is 9.63. The van der Waals surface area contributed by atoms with Crippen molar-refractivity contribution in [2.45, 2.75) is 39.3 Å². The van der Waals surface area contributed by atoms with E-state index in [4.69, 9.17) is 9.47 Å². The molecule has 0 bridgehead atoms. The zero-order valence-electron chi connectivity index (χ0n) is 16.9. The maximum Gasteiger partial charge on any atom is 0.434 e. The van der Waals surface area contributed by atoms with E-state index in [2.05, 4.69) is 4.98 Å². The lowest BCUT2D eigenvalue weighted by Gasteiger charge is -2.15. The molecule has 0 aliphatic heterocycles. The van der Waals surface area contributed by atoms with E-state index in [9.17, 15) is 18.3 Å². The molecule has 5 nitrogen and oxygen atoms in total. The zero-order valence-corrected chi connectivity index (χ0v) is 16.9. The molecule has 1 N–H and O–H groups in total. The fourth-order valence-corrected chi connectivity index (χ4v) is 2.98. The number of hydrogen-bond donors (Lipinski definition) is 1. The quantitative estimate of drug-likeness (QED) is 0.569. The molecule has 160 valence electrons. The molecule has 0 aliphatic rings. The molecule has 0 saturated heterocycles. The Balaban J connectivity index is 1.93. The fourth-order valence-electron chi connectivity index (χ4n) is 2.98. The summed E-state index contributed by atoms with van der Waals surface area (Å²) in [7, 11) is 1.58. The molecule has 3 aromatic rings. The van der Waals surface area contributed by atoms with Gasteiger partial charge in [-0.25, -0.2) is 4.98 Å². The van der Waals surface area contributed by atoms with Crippen molar-refractivity contribution in [2.24, 2.45) is 0 Å². The van der Waals surface area contributed by atoms with Gasteiger partial charge in [0.15, 0.2) is 5.69 Å². The fraction of sp³-hybridized carbons (Fsp3) is 0.318. The first-order valence-electron chi connectivity index (χ1n) is 9.39. The SMILES string of the molecule is COc1ccc(COc2cc(-c3nc(C(F)(F)F)cn3C(C)C)ccc2CO)cc1. The third-order valence-corrected chi connectivity index (χ3v) is 4.63. The van der Waals surface area contributed by atoms with Crippen LogP contribution in [0.3, 0.4) is 0 Å². The number of alkyl halides is 3. The number of imidazole rings is 1. The van der Waals surface area contributed by atoms with Crippen LogP contribution in [0.2, 0.25) is 0 Å². The molecule has 3 rings (SSSR count). The highest BCUT2D eigenvalue weighted by Gasteiger charge is 2.35. The Kier molecular flexibility index (Phi) is 6.36. The van der Waals surface area contributed by atoms with Gasteiger partial charge in [0, 0.05) is 23.4 Å². The third kappa shape index (κ3) is 4.76. The van der Waals surface area contributed by atoms with Gasteiger partial charge in [-0.15, -0.1) is 0 Å². The highest BCUT2D eigenvalue weighted by molar-refractivity contribution is 5.60. The molecule has 0 radical (unpaired) electrons. The molecule has 30 heavy (non-hydrogen) atoms. The minimum atomic E-state index is -4.53. The van der Waals surface area contributed by atoms with Crippen molar-refractivity contribution >= 4 is 0 Å². The average Bonchev–Trinajstić information content (AvgIpc) is 3.19. The largest absolute Gasteiger partial charge is 0.497 e. The number of rotatable bonds is 7. The number of aliphatic hydroxyl groups is 1. The maximum absolute atomic E-state index is 13.2. The molecular weight excluding hydrogens is 397 g/mol. The maximum atomic E-state index is 13.2. The first-order valence-corrected chi connectivity index (χ1v) is 9.39. The van der Waals surface area contributed by atoms with E-state index in [1.165, 1.54) is 4.57 Å². The molecule has 0 spiro atoms. The normalized spacial score (nSPS) is 11.7. The standard InChI is InChI=1S/C22H23F3N2O3/c1-14(2)27-11-20(22(23,24)25)26-21(27)16-6-7-17(12-28)19(10-16)30-13-15-4-8-18(29-3)9-5-15/h4-11,14,28H,12-13H2,1-3H3. The van der Waals surface area contributed by atoms with E-state index in [0.717, 1.165) is 17.5 Å². The summed E-state index contributed by atoms with van der Waals surface area (Å²) in [6.45, 7) is 3.54. The summed E-state index contributed by atoms with van der Waals surface area (Å²) in [4.78, 5) is 3.81. The second-order valence-corrected chi connectivity index (χ2v) is 7.07. The van der Waals surface area contributed by atoms with Crippen molar-refractivity contribution in [1.82, 2.24) is 9.55 Å². The Morgan fingerprint density at radius 3 is 2.37 bits per heavy atom. The molecule has 0 fully saturated rings. The summed E-state index contributed by atoms with van der Waals surface area (Å²) in [6, 6.07) is 12.0. The van der Waals surface area contributed by atoms with E-state index in [0.29, 0.717) is 16.9 Å². The van der Waals surface area contributed by atoms with Gasteiger partial charge in [0.25, 0.3) is 0 Å². The lowest BCUT2D eigenvalue weighted by Crippen LogP contribution is -2.05. The Morgan fingerprint density at radius 1 is 1.10 bits per heavy atom. The Hall–Kier alpha value is -3.00. The van der Waals surface area contributed by atoms with Gasteiger partial charge in [-0.1, -0.05) is 24.3 Å². The number of aromatic nitrogens is 2. The van der Waals surface area contributed by atoms with Crippen LogP contribution in [0.25, 0.3) is 11.4 Å². The van der Waals surface area contributed by atoms with Crippen LogP contribution in [0.4, 0.5) is 13.2 Å². The number of ether oxygens (including phenoxy) is 2. The third-order valence-electron chi connectivity index (χ3n) is 4.63. The van der Waals surface area contributed by atoms with Gasteiger partial charge in [0.05, 0.1) is 13.7 Å². The van der Waals surface area contributed by atoms with Crippen molar-refractivity contribution in [3.63, 3.8) is 0 Å². The van der Waals surface area contributed by atoms with Crippen LogP contribution >= 0.6 is 0 Å². The van der Waals surface area contributed by atoms with Gasteiger partial charge in [-0.2, -0.15) is 13.2 Å². The molecule has 1 aromatic heterocycles. The Labute approximate surface area is 172 Å². The van der Waals surface area contributed by atoms with Crippen molar-refractivity contribution < 1.29 is 27.8 Å². The summed E-state index contributed by atoms with van der Waals surface area (Å²) in [5.74, 6) is 1.30. The van der Waals surface area contributed by atoms with Crippen LogP contribution in [0.1, 0.15) is 36.7 Å². The predicted molar refractivity (Wildman–Crippen MR) is 106 cm³/mol. The predicted octanol–water partition coefficient (Wildman–Crippen LogP) is 5.23. The van der Waals surface area contributed by atoms with Gasteiger partial charge in [0.1, 0.15) is 23.9 Å².